The van der Waals surface area contributed by atoms with E-state index in [1.807, 2.05) is 36.4 Å². The van der Waals surface area contributed by atoms with Crippen LogP contribution in [0.3, 0.4) is 0 Å². The lowest BCUT2D eigenvalue weighted by Crippen LogP contribution is -2.26. The molecule has 0 aliphatic rings. The predicted molar refractivity (Wildman–Crippen MR) is 146 cm³/mol. The van der Waals surface area contributed by atoms with Gasteiger partial charge < -0.3 is 10.1 Å². The monoisotopic (exact) mass is 757 g/mol. The minimum absolute atomic E-state index is 0.191. The molecule has 3 rings (SSSR count). The first-order chi connectivity index (χ1) is 16.1. The Morgan fingerprint density at radius 1 is 1.06 bits per heavy atom. The van der Waals surface area contributed by atoms with Crippen LogP contribution in [-0.2, 0) is 17.6 Å². The third kappa shape index (κ3) is 8.12. The number of carbonyl (C=O) groups excluding carboxylic acids is 1. The zero-order valence-electron chi connectivity index (χ0n) is 17.3. The summed E-state index contributed by atoms with van der Waals surface area (Å²) in [6.45, 7) is 0.207. The van der Waals surface area contributed by atoms with Gasteiger partial charge in [0.1, 0.15) is 12.4 Å². The first-order valence-corrected chi connectivity index (χ1v) is 12.7. The second kappa shape index (κ2) is 12.2. The number of halogens is 6. The normalized spacial score (nSPS) is 11.5. The van der Waals surface area contributed by atoms with Gasteiger partial charge in [0.05, 0.1) is 25.5 Å². The third-order valence-corrected chi connectivity index (χ3v) is 6.49. The molecule has 0 bridgehead atoms. The second-order valence-corrected chi connectivity index (χ2v) is 10.2. The van der Waals surface area contributed by atoms with Gasteiger partial charge in [-0.2, -0.15) is 18.3 Å². The van der Waals surface area contributed by atoms with Crippen molar-refractivity contribution in [1.29, 1.82) is 0 Å². The molecule has 0 heterocycles. The Morgan fingerprint density at radius 2 is 1.74 bits per heavy atom. The van der Waals surface area contributed by atoms with Gasteiger partial charge in [-0.25, -0.2) is 5.43 Å². The number of nitrogens with one attached hydrogen (secondary N) is 2. The number of hydrogen-bond donors (Lipinski definition) is 2. The van der Waals surface area contributed by atoms with Gasteiger partial charge in [0, 0.05) is 10.2 Å². The Labute approximate surface area is 229 Å². The van der Waals surface area contributed by atoms with Crippen LogP contribution >= 0.6 is 61.1 Å². The van der Waals surface area contributed by atoms with E-state index in [2.05, 4.69) is 77.0 Å². The van der Waals surface area contributed by atoms with Crippen LogP contribution in [0.15, 0.2) is 70.2 Å². The number of carbonyl (C=O) groups is 1. The SMILES string of the molecule is O=C(CNc1cccc(C(F)(F)F)c1)N/N=C\c1cc(I)c(OCc2ccc(Br)cc2)c(I)c1. The minimum atomic E-state index is -4.45. The first-order valence-electron chi connectivity index (χ1n) is 9.71. The lowest BCUT2D eigenvalue weighted by Gasteiger charge is -2.11. The molecule has 1 amide bonds. The molecule has 0 aliphatic carbocycles. The van der Waals surface area contributed by atoms with Crippen molar-refractivity contribution < 1.29 is 22.7 Å². The molecule has 0 fully saturated rings. The lowest BCUT2D eigenvalue weighted by molar-refractivity contribution is -0.137. The van der Waals surface area contributed by atoms with E-state index in [9.17, 15) is 18.0 Å². The number of rotatable bonds is 8. The van der Waals surface area contributed by atoms with Gasteiger partial charge in [-0.3, -0.25) is 4.79 Å². The highest BCUT2D eigenvalue weighted by Crippen LogP contribution is 2.31. The van der Waals surface area contributed by atoms with Crippen molar-refractivity contribution in [3.8, 4) is 5.75 Å². The standard InChI is InChI=1S/C23H17BrF3I2N3O2/c24-17-6-4-14(5-7-17)13-34-22-19(28)8-15(9-20(22)29)11-31-32-21(33)12-30-18-3-1-2-16(10-18)23(25,26)27/h1-11,30H,12-13H2,(H,32,33)/b31-11-. The van der Waals surface area contributed by atoms with E-state index in [1.54, 1.807) is 0 Å². The molecule has 2 N–H and O–H groups in total. The van der Waals surface area contributed by atoms with Crippen molar-refractivity contribution in [3.05, 3.63) is 89.0 Å². The van der Waals surface area contributed by atoms with Crippen molar-refractivity contribution in [1.82, 2.24) is 5.43 Å². The highest BCUT2D eigenvalue weighted by molar-refractivity contribution is 14.1. The van der Waals surface area contributed by atoms with Gasteiger partial charge in [0.25, 0.3) is 5.91 Å². The molecule has 0 spiro atoms. The summed E-state index contributed by atoms with van der Waals surface area (Å²) >= 11 is 7.76. The Kier molecular flexibility index (Phi) is 9.59. The van der Waals surface area contributed by atoms with E-state index >= 15 is 0 Å². The average Bonchev–Trinajstić information content (AvgIpc) is 2.78. The van der Waals surface area contributed by atoms with Crippen molar-refractivity contribution in [2.75, 3.05) is 11.9 Å². The molecule has 11 heteroatoms. The van der Waals surface area contributed by atoms with Gasteiger partial charge in [-0.1, -0.05) is 34.1 Å². The summed E-state index contributed by atoms with van der Waals surface area (Å²) in [5, 5.41) is 6.58. The summed E-state index contributed by atoms with van der Waals surface area (Å²) in [5.41, 5.74) is 3.56. The third-order valence-electron chi connectivity index (χ3n) is 4.36. The molecular weight excluding hydrogens is 741 g/mol. The number of benzene rings is 3. The molecule has 0 atom stereocenters. The molecule has 0 aliphatic heterocycles. The Morgan fingerprint density at radius 3 is 2.38 bits per heavy atom. The summed E-state index contributed by atoms with van der Waals surface area (Å²) in [6.07, 6.45) is -2.95. The van der Waals surface area contributed by atoms with E-state index in [-0.39, 0.29) is 12.2 Å². The maximum absolute atomic E-state index is 12.8. The number of anilines is 1. The largest absolute Gasteiger partial charge is 0.487 e. The molecule has 178 valence electrons. The number of hydrogen-bond acceptors (Lipinski definition) is 4. The van der Waals surface area contributed by atoms with Crippen molar-refractivity contribution in [3.63, 3.8) is 0 Å². The quantitative estimate of drug-likeness (QED) is 0.151. The van der Waals surface area contributed by atoms with Crippen LogP contribution in [0.4, 0.5) is 18.9 Å². The van der Waals surface area contributed by atoms with Gasteiger partial charge in [-0.15, -0.1) is 0 Å². The number of hydrazone groups is 1. The summed E-state index contributed by atoms with van der Waals surface area (Å²) in [7, 11) is 0. The van der Waals surface area contributed by atoms with Crippen LogP contribution in [0.25, 0.3) is 0 Å². The predicted octanol–water partition coefficient (Wildman–Crippen LogP) is 6.82. The Hall–Kier alpha value is -1.87. The van der Waals surface area contributed by atoms with E-state index in [4.69, 9.17) is 4.74 Å². The molecule has 0 unspecified atom stereocenters. The number of nitrogens with zero attached hydrogens (tertiary/aromatic N) is 1. The number of ether oxygens (including phenoxy) is 1. The zero-order valence-corrected chi connectivity index (χ0v) is 23.2. The molecule has 3 aromatic carbocycles. The molecule has 0 radical (unpaired) electrons. The van der Waals surface area contributed by atoms with Crippen LogP contribution in [0.5, 0.6) is 5.75 Å². The van der Waals surface area contributed by atoms with Crippen LogP contribution in [0.1, 0.15) is 16.7 Å². The Bertz CT molecular complexity index is 1170. The zero-order chi connectivity index (χ0) is 24.7. The van der Waals surface area contributed by atoms with E-state index in [0.717, 1.165) is 40.6 Å². The van der Waals surface area contributed by atoms with Crippen LogP contribution in [0.2, 0.25) is 0 Å². The van der Waals surface area contributed by atoms with Crippen molar-refractivity contribution >= 4 is 78.9 Å². The van der Waals surface area contributed by atoms with Gasteiger partial charge >= 0.3 is 6.18 Å². The molecular formula is C23H17BrF3I2N3O2. The van der Waals surface area contributed by atoms with E-state index in [1.165, 1.54) is 18.3 Å². The second-order valence-electron chi connectivity index (χ2n) is 6.95. The smallest absolute Gasteiger partial charge is 0.416 e. The van der Waals surface area contributed by atoms with Gasteiger partial charge in [0.2, 0.25) is 0 Å². The maximum Gasteiger partial charge on any atom is 0.416 e. The number of amides is 1. The summed E-state index contributed by atoms with van der Waals surface area (Å²) in [6, 6.07) is 16.3. The van der Waals surface area contributed by atoms with Crippen molar-refractivity contribution in [2.45, 2.75) is 12.8 Å². The van der Waals surface area contributed by atoms with Crippen LogP contribution in [0, 0.1) is 7.14 Å². The lowest BCUT2D eigenvalue weighted by atomic mass is 10.2. The summed E-state index contributed by atoms with van der Waals surface area (Å²) < 4.78 is 47.1. The first kappa shape index (κ1) is 26.7. The molecule has 5 nitrogen and oxygen atoms in total. The van der Waals surface area contributed by atoms with E-state index < -0.39 is 17.6 Å². The van der Waals surface area contributed by atoms with Crippen molar-refractivity contribution in [2.24, 2.45) is 5.10 Å². The highest BCUT2D eigenvalue weighted by Gasteiger charge is 2.30. The molecule has 0 saturated carbocycles. The Balaban J connectivity index is 1.53. The molecule has 0 aromatic heterocycles. The van der Waals surface area contributed by atoms with Gasteiger partial charge in [-0.05, 0) is 98.8 Å². The van der Waals surface area contributed by atoms with Crippen LogP contribution < -0.4 is 15.5 Å². The van der Waals surface area contributed by atoms with Crippen LogP contribution in [-0.4, -0.2) is 18.7 Å². The fourth-order valence-electron chi connectivity index (χ4n) is 2.73. The highest BCUT2D eigenvalue weighted by atomic mass is 127. The van der Waals surface area contributed by atoms with E-state index in [0.29, 0.717) is 6.61 Å². The molecule has 3 aromatic rings. The minimum Gasteiger partial charge on any atom is -0.487 e. The fourth-order valence-corrected chi connectivity index (χ4v) is 5.13. The topological polar surface area (TPSA) is 62.7 Å². The summed E-state index contributed by atoms with van der Waals surface area (Å²) in [4.78, 5) is 12.0. The molecule has 0 saturated heterocycles. The average molecular weight is 758 g/mol. The summed E-state index contributed by atoms with van der Waals surface area (Å²) in [5.74, 6) is 0.267. The van der Waals surface area contributed by atoms with Gasteiger partial charge in [0.15, 0.2) is 0 Å². The number of alkyl halides is 3. The maximum atomic E-state index is 12.8. The molecule has 34 heavy (non-hydrogen) atoms. The fraction of sp³-hybridized carbons (Fsp3) is 0.130.